The van der Waals surface area contributed by atoms with Gasteiger partial charge in [-0.25, -0.2) is 0 Å². The van der Waals surface area contributed by atoms with Gasteiger partial charge in [0.2, 0.25) is 0 Å². The predicted molar refractivity (Wildman–Crippen MR) is 52.5 cm³/mol. The summed E-state index contributed by atoms with van der Waals surface area (Å²) in [5, 5.41) is 0. The van der Waals surface area contributed by atoms with Gasteiger partial charge in [-0.1, -0.05) is 0 Å². The number of hydrogen-bond acceptors (Lipinski definition) is 6. The maximum atomic E-state index is 10.9. The topological polar surface area (TPSA) is 71.1 Å². The van der Waals surface area contributed by atoms with Gasteiger partial charge >= 0.3 is 11.9 Å². The fourth-order valence-corrected chi connectivity index (χ4v) is 1.60. The fourth-order valence-electron chi connectivity index (χ4n) is 1.60. The first-order valence-electron chi connectivity index (χ1n) is 5.01. The van der Waals surface area contributed by atoms with E-state index in [1.807, 2.05) is 0 Å². The molecule has 0 N–H and O–H groups in total. The van der Waals surface area contributed by atoms with Gasteiger partial charge in [-0.05, 0) is 0 Å². The Balaban J connectivity index is 2.54. The van der Waals surface area contributed by atoms with Gasteiger partial charge in [-0.15, -0.1) is 0 Å². The van der Waals surface area contributed by atoms with Crippen molar-refractivity contribution in [1.29, 1.82) is 0 Å². The molecule has 1 rings (SSSR count). The SMILES string of the molecule is CO[C@@H]1OC[C@@H](OC(C)=O)C[C@H]1OC(C)=O. The highest BCUT2D eigenvalue weighted by molar-refractivity contribution is 5.66. The van der Waals surface area contributed by atoms with E-state index in [1.54, 1.807) is 0 Å². The lowest BCUT2D eigenvalue weighted by molar-refractivity contribution is -0.238. The first-order chi connectivity index (χ1) is 7.52. The van der Waals surface area contributed by atoms with Crippen molar-refractivity contribution >= 4 is 11.9 Å². The summed E-state index contributed by atoms with van der Waals surface area (Å²) < 4.78 is 20.3. The third-order valence-electron chi connectivity index (χ3n) is 2.13. The third-order valence-corrected chi connectivity index (χ3v) is 2.13. The zero-order valence-corrected chi connectivity index (χ0v) is 9.60. The normalized spacial score (nSPS) is 29.6. The monoisotopic (exact) mass is 232 g/mol. The van der Waals surface area contributed by atoms with Crippen LogP contribution in [0.2, 0.25) is 0 Å². The Hall–Kier alpha value is -1.14. The molecule has 0 saturated carbocycles. The van der Waals surface area contributed by atoms with E-state index in [0.717, 1.165) is 0 Å². The third kappa shape index (κ3) is 3.79. The highest BCUT2D eigenvalue weighted by Crippen LogP contribution is 2.20. The summed E-state index contributed by atoms with van der Waals surface area (Å²) in [6, 6.07) is 0. The molecule has 0 aromatic heterocycles. The Morgan fingerprint density at radius 3 is 2.31 bits per heavy atom. The van der Waals surface area contributed by atoms with Crippen LogP contribution in [0.3, 0.4) is 0 Å². The van der Waals surface area contributed by atoms with Crippen molar-refractivity contribution < 1.29 is 28.5 Å². The lowest BCUT2D eigenvalue weighted by Crippen LogP contribution is -2.45. The summed E-state index contributed by atoms with van der Waals surface area (Å²) in [7, 11) is 1.47. The molecule has 0 aromatic rings. The predicted octanol–water partition coefficient (Wildman–Crippen LogP) is 0.243. The molecule has 1 fully saturated rings. The van der Waals surface area contributed by atoms with Crippen LogP contribution in [0.5, 0.6) is 0 Å². The van der Waals surface area contributed by atoms with Crippen LogP contribution in [0, 0.1) is 0 Å². The summed E-state index contributed by atoms with van der Waals surface area (Å²) >= 11 is 0. The summed E-state index contributed by atoms with van der Waals surface area (Å²) in [5.41, 5.74) is 0. The molecule has 0 bridgehead atoms. The maximum absolute atomic E-state index is 10.9. The summed E-state index contributed by atoms with van der Waals surface area (Å²) in [5.74, 6) is -0.801. The van der Waals surface area contributed by atoms with E-state index in [1.165, 1.54) is 21.0 Å². The molecule has 6 heteroatoms. The Bertz CT molecular complexity index is 264. The molecule has 0 aliphatic carbocycles. The Morgan fingerprint density at radius 1 is 1.19 bits per heavy atom. The molecule has 1 heterocycles. The summed E-state index contributed by atoms with van der Waals surface area (Å²) in [4.78, 5) is 21.6. The Kier molecular flexibility index (Phi) is 4.70. The van der Waals surface area contributed by atoms with Gasteiger partial charge in [0.25, 0.3) is 0 Å². The van der Waals surface area contributed by atoms with E-state index in [4.69, 9.17) is 18.9 Å². The molecule has 0 spiro atoms. The number of rotatable bonds is 3. The zero-order chi connectivity index (χ0) is 12.1. The van der Waals surface area contributed by atoms with Gasteiger partial charge in [-0.3, -0.25) is 9.59 Å². The second-order valence-corrected chi connectivity index (χ2v) is 3.55. The molecule has 0 radical (unpaired) electrons. The van der Waals surface area contributed by atoms with Crippen molar-refractivity contribution in [3.8, 4) is 0 Å². The Morgan fingerprint density at radius 2 is 1.81 bits per heavy atom. The van der Waals surface area contributed by atoms with Crippen molar-refractivity contribution in [3.05, 3.63) is 0 Å². The molecule has 0 amide bonds. The number of methoxy groups -OCH3 is 1. The van der Waals surface area contributed by atoms with Crippen LogP contribution in [0.1, 0.15) is 20.3 Å². The molecule has 1 saturated heterocycles. The van der Waals surface area contributed by atoms with Crippen LogP contribution in [0.4, 0.5) is 0 Å². The van der Waals surface area contributed by atoms with E-state index in [2.05, 4.69) is 0 Å². The minimum Gasteiger partial charge on any atom is -0.460 e. The fraction of sp³-hybridized carbons (Fsp3) is 0.800. The second kappa shape index (κ2) is 5.81. The minimum atomic E-state index is -0.601. The molecular weight excluding hydrogens is 216 g/mol. The van der Waals surface area contributed by atoms with Gasteiger partial charge in [0.1, 0.15) is 6.10 Å². The first kappa shape index (κ1) is 12.9. The van der Waals surface area contributed by atoms with E-state index in [0.29, 0.717) is 6.42 Å². The summed E-state index contributed by atoms with van der Waals surface area (Å²) in [6.45, 7) is 2.88. The van der Waals surface area contributed by atoms with Gasteiger partial charge < -0.3 is 18.9 Å². The van der Waals surface area contributed by atoms with Crippen LogP contribution in [-0.4, -0.2) is 44.2 Å². The van der Waals surface area contributed by atoms with E-state index < -0.39 is 24.5 Å². The van der Waals surface area contributed by atoms with Crippen molar-refractivity contribution in [2.45, 2.75) is 38.8 Å². The number of carbonyl (C=O) groups excluding carboxylic acids is 2. The van der Waals surface area contributed by atoms with Crippen molar-refractivity contribution in [2.24, 2.45) is 0 Å². The molecule has 6 nitrogen and oxygen atoms in total. The highest BCUT2D eigenvalue weighted by Gasteiger charge is 2.35. The lowest BCUT2D eigenvalue weighted by atomic mass is 10.1. The largest absolute Gasteiger partial charge is 0.460 e. The van der Waals surface area contributed by atoms with Crippen molar-refractivity contribution in [3.63, 3.8) is 0 Å². The molecule has 3 atom stereocenters. The zero-order valence-electron chi connectivity index (χ0n) is 9.60. The van der Waals surface area contributed by atoms with E-state index >= 15 is 0 Å². The molecule has 16 heavy (non-hydrogen) atoms. The highest BCUT2D eigenvalue weighted by atomic mass is 16.7. The molecular formula is C10H16O6. The van der Waals surface area contributed by atoms with Crippen LogP contribution >= 0.6 is 0 Å². The molecule has 1 aliphatic rings. The average molecular weight is 232 g/mol. The lowest BCUT2D eigenvalue weighted by Gasteiger charge is -2.33. The standard InChI is InChI=1S/C10H16O6/c1-6(11)15-8-4-9(16-7(2)12)10(13-3)14-5-8/h8-10H,4-5H2,1-3H3/t8-,9+,10+/m0/s1. The molecule has 1 aliphatic heterocycles. The number of carbonyl (C=O) groups is 2. The maximum Gasteiger partial charge on any atom is 0.303 e. The van der Waals surface area contributed by atoms with E-state index in [9.17, 15) is 9.59 Å². The number of ether oxygens (including phenoxy) is 4. The number of esters is 2. The second-order valence-electron chi connectivity index (χ2n) is 3.55. The first-order valence-corrected chi connectivity index (χ1v) is 5.01. The number of hydrogen-bond donors (Lipinski definition) is 0. The van der Waals surface area contributed by atoms with Crippen molar-refractivity contribution in [1.82, 2.24) is 0 Å². The Labute approximate surface area is 93.8 Å². The average Bonchev–Trinajstić information content (AvgIpc) is 2.16. The van der Waals surface area contributed by atoms with Crippen molar-refractivity contribution in [2.75, 3.05) is 13.7 Å². The van der Waals surface area contributed by atoms with Crippen LogP contribution in [-0.2, 0) is 28.5 Å². The van der Waals surface area contributed by atoms with Crippen LogP contribution in [0.25, 0.3) is 0 Å². The van der Waals surface area contributed by atoms with E-state index in [-0.39, 0.29) is 12.6 Å². The molecule has 92 valence electrons. The van der Waals surface area contributed by atoms with Crippen LogP contribution in [0.15, 0.2) is 0 Å². The minimum absolute atomic E-state index is 0.246. The van der Waals surface area contributed by atoms with Gasteiger partial charge in [-0.2, -0.15) is 0 Å². The van der Waals surface area contributed by atoms with Gasteiger partial charge in [0.05, 0.1) is 6.61 Å². The smallest absolute Gasteiger partial charge is 0.303 e. The van der Waals surface area contributed by atoms with Gasteiger partial charge in [0, 0.05) is 27.4 Å². The molecule has 0 unspecified atom stereocenters. The summed E-state index contributed by atoms with van der Waals surface area (Å²) in [6.07, 6.45) is -1.15. The van der Waals surface area contributed by atoms with Gasteiger partial charge in [0.15, 0.2) is 12.4 Å². The van der Waals surface area contributed by atoms with Crippen LogP contribution < -0.4 is 0 Å². The molecule has 0 aromatic carbocycles. The quantitative estimate of drug-likeness (QED) is 0.649.